The molecular formula is C28H28N2O3. The fraction of sp³-hybridized carbons (Fsp3) is 0.214. The second-order valence-corrected chi connectivity index (χ2v) is 8.45. The van der Waals surface area contributed by atoms with E-state index in [1.165, 1.54) is 4.90 Å². The quantitative estimate of drug-likeness (QED) is 0.527. The van der Waals surface area contributed by atoms with Crippen LogP contribution in [0, 0.1) is 27.7 Å². The molecule has 0 aromatic heterocycles. The largest absolute Gasteiger partial charge is 0.496 e. The molecule has 1 heterocycles. The van der Waals surface area contributed by atoms with E-state index in [9.17, 15) is 9.59 Å². The summed E-state index contributed by atoms with van der Waals surface area (Å²) in [6.07, 6.45) is 0. The number of imide groups is 1. The van der Waals surface area contributed by atoms with Crippen molar-refractivity contribution in [2.45, 2.75) is 34.2 Å². The first-order valence-electron chi connectivity index (χ1n) is 10.9. The van der Waals surface area contributed by atoms with Crippen molar-refractivity contribution in [1.82, 2.24) is 4.90 Å². The maximum atomic E-state index is 13.7. The fourth-order valence-corrected chi connectivity index (χ4v) is 4.20. The highest BCUT2D eigenvalue weighted by Crippen LogP contribution is 2.35. The van der Waals surface area contributed by atoms with Crippen molar-refractivity contribution in [3.8, 4) is 5.75 Å². The number of ether oxygens (including phenoxy) is 1. The van der Waals surface area contributed by atoms with Crippen LogP contribution in [0.25, 0.3) is 5.57 Å². The van der Waals surface area contributed by atoms with Crippen LogP contribution in [0.5, 0.6) is 5.75 Å². The molecule has 5 nitrogen and oxygen atoms in total. The summed E-state index contributed by atoms with van der Waals surface area (Å²) >= 11 is 0. The summed E-state index contributed by atoms with van der Waals surface area (Å²) in [5, 5.41) is 3.30. The Bertz CT molecular complexity index is 1290. The third-order valence-electron chi connectivity index (χ3n) is 6.20. The molecule has 1 aliphatic rings. The molecule has 168 valence electrons. The molecule has 0 aliphatic carbocycles. The van der Waals surface area contributed by atoms with Crippen molar-refractivity contribution >= 4 is 23.1 Å². The number of hydrogen-bond donors (Lipinski definition) is 1. The number of methoxy groups -OCH3 is 1. The van der Waals surface area contributed by atoms with Crippen LogP contribution in [-0.2, 0) is 16.1 Å². The topological polar surface area (TPSA) is 58.6 Å². The molecule has 0 atom stereocenters. The Labute approximate surface area is 194 Å². The van der Waals surface area contributed by atoms with Crippen molar-refractivity contribution in [3.63, 3.8) is 0 Å². The Morgan fingerprint density at radius 3 is 2.33 bits per heavy atom. The van der Waals surface area contributed by atoms with Crippen molar-refractivity contribution in [2.75, 3.05) is 12.4 Å². The predicted octanol–water partition coefficient (Wildman–Crippen LogP) is 5.32. The van der Waals surface area contributed by atoms with E-state index in [1.54, 1.807) is 7.11 Å². The van der Waals surface area contributed by atoms with Gasteiger partial charge in [-0.05, 0) is 62.1 Å². The second-order valence-electron chi connectivity index (χ2n) is 8.45. The van der Waals surface area contributed by atoms with E-state index in [-0.39, 0.29) is 18.4 Å². The van der Waals surface area contributed by atoms with Gasteiger partial charge in [0.25, 0.3) is 11.8 Å². The third kappa shape index (κ3) is 4.14. The molecule has 0 fully saturated rings. The number of benzene rings is 3. The average Bonchev–Trinajstić information content (AvgIpc) is 3.01. The molecule has 0 unspecified atom stereocenters. The van der Waals surface area contributed by atoms with Crippen LogP contribution in [0.2, 0.25) is 0 Å². The maximum absolute atomic E-state index is 13.7. The van der Waals surface area contributed by atoms with Gasteiger partial charge in [0.2, 0.25) is 0 Å². The number of amides is 2. The van der Waals surface area contributed by atoms with Crippen LogP contribution in [0.1, 0.15) is 33.4 Å². The zero-order valence-electron chi connectivity index (χ0n) is 19.7. The van der Waals surface area contributed by atoms with Gasteiger partial charge in [0.1, 0.15) is 11.4 Å². The Kier molecular flexibility index (Phi) is 6.05. The molecule has 4 rings (SSSR count). The highest BCUT2D eigenvalue weighted by atomic mass is 16.5. The SMILES string of the molecule is COc1ccccc1CN1C(=O)C(Nc2cccc(C)c2C)=C(c2ccc(C)cc2C)C1=O. The minimum atomic E-state index is -0.346. The molecule has 0 spiro atoms. The normalized spacial score (nSPS) is 13.7. The number of aryl methyl sites for hydroxylation is 3. The average molecular weight is 441 g/mol. The lowest BCUT2D eigenvalue weighted by atomic mass is 9.97. The Balaban J connectivity index is 1.81. The number of carbonyl (C=O) groups excluding carboxylic acids is 2. The van der Waals surface area contributed by atoms with E-state index in [4.69, 9.17) is 4.74 Å². The van der Waals surface area contributed by atoms with Crippen LogP contribution >= 0.6 is 0 Å². The summed E-state index contributed by atoms with van der Waals surface area (Å²) in [5.74, 6) is -0.0189. The van der Waals surface area contributed by atoms with E-state index in [0.29, 0.717) is 17.0 Å². The number of nitrogens with zero attached hydrogens (tertiary/aromatic N) is 1. The van der Waals surface area contributed by atoms with Gasteiger partial charge in [0.05, 0.1) is 19.2 Å². The number of nitrogens with one attached hydrogen (secondary N) is 1. The molecule has 5 heteroatoms. The predicted molar refractivity (Wildman–Crippen MR) is 131 cm³/mol. The number of anilines is 1. The number of rotatable bonds is 6. The summed E-state index contributed by atoms with van der Waals surface area (Å²) in [5.41, 5.74) is 7.24. The lowest BCUT2D eigenvalue weighted by Gasteiger charge is -2.17. The Morgan fingerprint density at radius 2 is 1.61 bits per heavy atom. The van der Waals surface area contributed by atoms with Gasteiger partial charge < -0.3 is 10.1 Å². The molecule has 0 saturated heterocycles. The minimum Gasteiger partial charge on any atom is -0.496 e. The highest BCUT2D eigenvalue weighted by Gasteiger charge is 2.40. The van der Waals surface area contributed by atoms with Gasteiger partial charge in [-0.25, -0.2) is 0 Å². The smallest absolute Gasteiger partial charge is 0.278 e. The van der Waals surface area contributed by atoms with Gasteiger partial charge in [0, 0.05) is 11.3 Å². The molecular weight excluding hydrogens is 412 g/mol. The van der Waals surface area contributed by atoms with Crippen molar-refractivity contribution in [3.05, 3.63) is 99.7 Å². The molecule has 2 amide bonds. The lowest BCUT2D eigenvalue weighted by Crippen LogP contribution is -2.32. The molecule has 0 bridgehead atoms. The summed E-state index contributed by atoms with van der Waals surface area (Å²) in [4.78, 5) is 28.6. The van der Waals surface area contributed by atoms with Crippen molar-refractivity contribution in [2.24, 2.45) is 0 Å². The van der Waals surface area contributed by atoms with E-state index in [0.717, 1.165) is 39.1 Å². The summed E-state index contributed by atoms with van der Waals surface area (Å²) in [7, 11) is 1.58. The summed E-state index contributed by atoms with van der Waals surface area (Å²) in [6.45, 7) is 8.13. The second kappa shape index (κ2) is 8.94. The number of carbonyl (C=O) groups is 2. The van der Waals surface area contributed by atoms with Crippen molar-refractivity contribution in [1.29, 1.82) is 0 Å². The van der Waals surface area contributed by atoms with Gasteiger partial charge in [0.15, 0.2) is 0 Å². The molecule has 0 saturated carbocycles. The maximum Gasteiger partial charge on any atom is 0.278 e. The number of para-hydroxylation sites is 1. The molecule has 3 aromatic carbocycles. The van der Waals surface area contributed by atoms with Gasteiger partial charge >= 0.3 is 0 Å². The van der Waals surface area contributed by atoms with Gasteiger partial charge in [-0.1, -0.05) is 54.1 Å². The molecule has 33 heavy (non-hydrogen) atoms. The summed E-state index contributed by atoms with van der Waals surface area (Å²) in [6, 6.07) is 19.2. The van der Waals surface area contributed by atoms with E-state index < -0.39 is 0 Å². The van der Waals surface area contributed by atoms with Crippen LogP contribution in [-0.4, -0.2) is 23.8 Å². The zero-order valence-corrected chi connectivity index (χ0v) is 19.7. The standard InChI is InChI=1S/C28H28N2O3/c1-17-13-14-22(19(3)15-17)25-26(29-23-11-8-9-18(2)20(23)4)28(32)30(27(25)31)16-21-10-6-7-12-24(21)33-5/h6-15,29H,16H2,1-5H3. The van der Waals surface area contributed by atoms with Crippen LogP contribution in [0.3, 0.4) is 0 Å². The zero-order chi connectivity index (χ0) is 23.7. The van der Waals surface area contributed by atoms with E-state index in [1.807, 2.05) is 88.4 Å². The Morgan fingerprint density at radius 1 is 0.848 bits per heavy atom. The first-order valence-corrected chi connectivity index (χ1v) is 10.9. The summed E-state index contributed by atoms with van der Waals surface area (Å²) < 4.78 is 5.44. The third-order valence-corrected chi connectivity index (χ3v) is 6.20. The first kappa shape index (κ1) is 22.3. The lowest BCUT2D eigenvalue weighted by molar-refractivity contribution is -0.137. The Hall–Kier alpha value is -3.86. The van der Waals surface area contributed by atoms with Gasteiger partial charge in [-0.3, -0.25) is 14.5 Å². The van der Waals surface area contributed by atoms with E-state index >= 15 is 0 Å². The van der Waals surface area contributed by atoms with Crippen LogP contribution in [0.15, 0.2) is 66.4 Å². The van der Waals surface area contributed by atoms with Crippen LogP contribution < -0.4 is 10.1 Å². The molecule has 0 radical (unpaired) electrons. The van der Waals surface area contributed by atoms with Crippen molar-refractivity contribution < 1.29 is 14.3 Å². The fourth-order valence-electron chi connectivity index (χ4n) is 4.20. The molecule has 1 N–H and O–H groups in total. The first-order chi connectivity index (χ1) is 15.8. The minimum absolute atomic E-state index is 0.133. The molecule has 1 aliphatic heterocycles. The highest BCUT2D eigenvalue weighted by molar-refractivity contribution is 6.36. The van der Waals surface area contributed by atoms with E-state index in [2.05, 4.69) is 5.32 Å². The van der Waals surface area contributed by atoms with Gasteiger partial charge in [-0.2, -0.15) is 0 Å². The van der Waals surface area contributed by atoms with Crippen LogP contribution in [0.4, 0.5) is 5.69 Å². The molecule has 3 aromatic rings. The van der Waals surface area contributed by atoms with Gasteiger partial charge in [-0.15, -0.1) is 0 Å². The number of hydrogen-bond acceptors (Lipinski definition) is 4. The monoisotopic (exact) mass is 440 g/mol.